The van der Waals surface area contributed by atoms with Crippen molar-refractivity contribution in [3.05, 3.63) is 18.1 Å². The number of fused-ring (bicyclic) bond motifs is 1. The van der Waals surface area contributed by atoms with Gasteiger partial charge in [-0.2, -0.15) is 0 Å². The van der Waals surface area contributed by atoms with Crippen LogP contribution in [0.15, 0.2) is 12.4 Å². The summed E-state index contributed by atoms with van der Waals surface area (Å²) in [5, 5.41) is 22.0. The summed E-state index contributed by atoms with van der Waals surface area (Å²) in [6, 6.07) is 1.30. The van der Waals surface area contributed by atoms with Crippen LogP contribution in [0.1, 0.15) is 32.4 Å². The Morgan fingerprint density at radius 3 is 2.67 bits per heavy atom. The van der Waals surface area contributed by atoms with E-state index in [0.29, 0.717) is 31.9 Å². The maximum Gasteiger partial charge on any atom is 0.240 e. The average molecular weight is 423 g/mol. The molecule has 4 atom stereocenters. The summed E-state index contributed by atoms with van der Waals surface area (Å²) in [6.07, 6.45) is 1.48. The number of nitrogens with two attached hydrogens (primary N) is 1. The normalized spacial score (nSPS) is 26.3. The van der Waals surface area contributed by atoms with Crippen LogP contribution in [0.4, 0.5) is 5.82 Å². The lowest BCUT2D eigenvalue weighted by atomic mass is 10.1. The van der Waals surface area contributed by atoms with E-state index in [2.05, 4.69) is 20.3 Å². The number of aromatic amines is 1. The van der Waals surface area contributed by atoms with E-state index < -0.39 is 18.2 Å². The molecule has 2 aromatic heterocycles. The molecule has 0 radical (unpaired) electrons. The number of amides is 1. The zero-order valence-corrected chi connectivity index (χ0v) is 18.1. The van der Waals surface area contributed by atoms with Gasteiger partial charge in [0.2, 0.25) is 5.91 Å². The third-order valence-corrected chi connectivity index (χ3v) is 5.00. The van der Waals surface area contributed by atoms with E-state index in [1.807, 2.05) is 38.8 Å². The van der Waals surface area contributed by atoms with Gasteiger partial charge in [-0.3, -0.25) is 9.69 Å². The van der Waals surface area contributed by atoms with Gasteiger partial charge in [0, 0.05) is 12.2 Å². The number of anilines is 1. The summed E-state index contributed by atoms with van der Waals surface area (Å²) in [5.74, 6) is 0.323. The van der Waals surface area contributed by atoms with Crippen molar-refractivity contribution in [2.45, 2.75) is 57.9 Å². The van der Waals surface area contributed by atoms with Crippen LogP contribution in [-0.4, -0.2) is 87.1 Å². The van der Waals surface area contributed by atoms with Gasteiger partial charge in [0.1, 0.15) is 17.9 Å². The van der Waals surface area contributed by atoms with Crippen molar-refractivity contribution < 1.29 is 19.7 Å². The first-order valence-electron chi connectivity index (χ1n) is 10.4. The molecule has 0 aromatic carbocycles. The van der Waals surface area contributed by atoms with Gasteiger partial charge >= 0.3 is 0 Å². The second-order valence-corrected chi connectivity index (χ2v) is 7.39. The molecule has 2 fully saturated rings. The van der Waals surface area contributed by atoms with Gasteiger partial charge in [0.05, 0.1) is 37.0 Å². The fourth-order valence-corrected chi connectivity index (χ4v) is 3.59. The molecular weight excluding hydrogens is 388 g/mol. The molecule has 30 heavy (non-hydrogen) atoms. The van der Waals surface area contributed by atoms with E-state index in [4.69, 9.17) is 10.5 Å². The van der Waals surface area contributed by atoms with Crippen molar-refractivity contribution in [3.63, 3.8) is 0 Å². The monoisotopic (exact) mass is 422 g/mol. The number of aromatic nitrogens is 3. The molecule has 10 nitrogen and oxygen atoms in total. The maximum absolute atomic E-state index is 12.0. The fraction of sp³-hybridized carbons (Fsp3) is 0.650. The zero-order chi connectivity index (χ0) is 22.3. The standard InChI is InChI=1S/C11H20N2O4.C7H8N4.C2H6/c1-13-3-2-9(15)10(13)11(16)12-7-4-8(14)6-17-5-7;1-4-2-5-6(11-4)7(8)10-3-9-5;1-2/h7-10,14-15H,2-6H2,1H3,(H,12,16);2-3,11H,1H3,(H2,8,9,10);1-2H3. The van der Waals surface area contributed by atoms with Crippen molar-refractivity contribution in [2.24, 2.45) is 0 Å². The van der Waals surface area contributed by atoms with Gasteiger partial charge in [-0.05, 0) is 32.9 Å². The van der Waals surface area contributed by atoms with Crippen molar-refractivity contribution in [3.8, 4) is 0 Å². The third-order valence-electron chi connectivity index (χ3n) is 5.00. The highest BCUT2D eigenvalue weighted by Gasteiger charge is 2.37. The van der Waals surface area contributed by atoms with Gasteiger partial charge in [0.25, 0.3) is 0 Å². The average Bonchev–Trinajstić information content (AvgIpc) is 3.26. The molecule has 2 aliphatic heterocycles. The zero-order valence-electron chi connectivity index (χ0n) is 18.1. The molecule has 0 aliphatic carbocycles. The number of likely N-dealkylation sites (N-methyl/N-ethyl adjacent to an activating group) is 1. The highest BCUT2D eigenvalue weighted by Crippen LogP contribution is 2.17. The lowest BCUT2D eigenvalue weighted by Crippen LogP contribution is -2.53. The molecule has 4 unspecified atom stereocenters. The molecule has 2 aromatic rings. The van der Waals surface area contributed by atoms with Crippen LogP contribution in [0, 0.1) is 6.92 Å². The number of nitrogens with zero attached hydrogens (tertiary/aromatic N) is 3. The summed E-state index contributed by atoms with van der Waals surface area (Å²) in [4.78, 5) is 24.8. The van der Waals surface area contributed by atoms with E-state index in [1.54, 1.807) is 0 Å². The summed E-state index contributed by atoms with van der Waals surface area (Å²) in [6.45, 7) is 7.44. The summed E-state index contributed by atoms with van der Waals surface area (Å²) >= 11 is 0. The van der Waals surface area contributed by atoms with Gasteiger partial charge in [0.15, 0.2) is 5.82 Å². The van der Waals surface area contributed by atoms with Crippen molar-refractivity contribution >= 4 is 22.8 Å². The Bertz CT molecular complexity index is 804. The predicted molar refractivity (Wildman–Crippen MR) is 115 cm³/mol. The van der Waals surface area contributed by atoms with Crippen LogP contribution >= 0.6 is 0 Å². The smallest absolute Gasteiger partial charge is 0.240 e. The van der Waals surface area contributed by atoms with Crippen LogP contribution in [0.3, 0.4) is 0 Å². The third kappa shape index (κ3) is 6.11. The number of ether oxygens (including phenoxy) is 1. The van der Waals surface area contributed by atoms with Crippen LogP contribution < -0.4 is 11.1 Å². The fourth-order valence-electron chi connectivity index (χ4n) is 3.59. The van der Waals surface area contributed by atoms with E-state index in [1.165, 1.54) is 6.33 Å². The Hall–Kier alpha value is -2.27. The highest BCUT2D eigenvalue weighted by molar-refractivity contribution is 5.84. The Morgan fingerprint density at radius 1 is 1.33 bits per heavy atom. The molecule has 2 aliphatic rings. The first kappa shape index (κ1) is 24.0. The lowest BCUT2D eigenvalue weighted by molar-refractivity contribution is -0.130. The van der Waals surface area contributed by atoms with Crippen LogP contribution in [0.2, 0.25) is 0 Å². The summed E-state index contributed by atoms with van der Waals surface area (Å²) < 4.78 is 5.17. The molecule has 10 heteroatoms. The predicted octanol–water partition coefficient (Wildman–Crippen LogP) is 0.192. The summed E-state index contributed by atoms with van der Waals surface area (Å²) in [7, 11) is 1.83. The van der Waals surface area contributed by atoms with Crippen LogP contribution in [0.5, 0.6) is 0 Å². The highest BCUT2D eigenvalue weighted by atomic mass is 16.5. The van der Waals surface area contributed by atoms with Crippen molar-refractivity contribution in [1.82, 2.24) is 25.2 Å². The quantitative estimate of drug-likeness (QED) is 0.460. The van der Waals surface area contributed by atoms with E-state index in [0.717, 1.165) is 23.3 Å². The number of hydrogen-bond acceptors (Lipinski definition) is 8. The number of aryl methyl sites for hydroxylation is 1. The summed E-state index contributed by atoms with van der Waals surface area (Å²) in [5.41, 5.74) is 8.33. The Balaban J connectivity index is 0.000000212. The minimum Gasteiger partial charge on any atom is -0.391 e. The second-order valence-electron chi connectivity index (χ2n) is 7.39. The molecule has 168 valence electrons. The van der Waals surface area contributed by atoms with E-state index in [-0.39, 0.29) is 11.9 Å². The minimum absolute atomic E-state index is 0.160. The Morgan fingerprint density at radius 2 is 2.07 bits per heavy atom. The van der Waals surface area contributed by atoms with Crippen molar-refractivity contribution in [1.29, 1.82) is 0 Å². The van der Waals surface area contributed by atoms with Gasteiger partial charge < -0.3 is 31.0 Å². The topological polar surface area (TPSA) is 150 Å². The van der Waals surface area contributed by atoms with Gasteiger partial charge in [-0.15, -0.1) is 0 Å². The molecule has 2 saturated heterocycles. The Kier molecular flexibility index (Phi) is 8.97. The number of H-pyrrole nitrogens is 1. The molecule has 6 N–H and O–H groups in total. The molecule has 0 saturated carbocycles. The molecule has 4 rings (SSSR count). The number of nitrogen functional groups attached to an aromatic ring is 1. The van der Waals surface area contributed by atoms with Gasteiger partial charge in [-0.1, -0.05) is 13.8 Å². The molecule has 0 bridgehead atoms. The van der Waals surface area contributed by atoms with E-state index in [9.17, 15) is 15.0 Å². The number of aliphatic hydroxyl groups is 2. The number of nitrogens with one attached hydrogen (secondary N) is 2. The number of carbonyl (C=O) groups excluding carboxylic acids is 1. The lowest BCUT2D eigenvalue weighted by Gasteiger charge is -2.29. The molecular formula is C20H34N6O4. The van der Waals surface area contributed by atoms with Crippen LogP contribution in [0.25, 0.3) is 11.0 Å². The number of aliphatic hydroxyl groups excluding tert-OH is 2. The molecule has 0 spiro atoms. The molecule has 1 amide bonds. The number of rotatable bonds is 2. The minimum atomic E-state index is -0.602. The molecule has 4 heterocycles. The Labute approximate surface area is 176 Å². The van der Waals surface area contributed by atoms with E-state index >= 15 is 0 Å². The second kappa shape index (κ2) is 11.2. The largest absolute Gasteiger partial charge is 0.391 e. The number of carbonyl (C=O) groups is 1. The van der Waals surface area contributed by atoms with Crippen molar-refractivity contribution in [2.75, 3.05) is 32.5 Å². The first-order chi connectivity index (χ1) is 14.3. The van der Waals surface area contributed by atoms with Gasteiger partial charge in [-0.25, -0.2) is 9.97 Å². The maximum atomic E-state index is 12.0. The number of hydrogen-bond donors (Lipinski definition) is 5. The number of likely N-dealkylation sites (tertiary alicyclic amines) is 1. The first-order valence-corrected chi connectivity index (χ1v) is 10.4. The SMILES string of the molecule is CC.CN1CCC(O)C1C(=O)NC1COCC(O)C1.Cc1cc2ncnc(N)c2[nH]1. The van der Waals surface area contributed by atoms with Crippen LogP contribution in [-0.2, 0) is 9.53 Å².